The van der Waals surface area contributed by atoms with Gasteiger partial charge in [0.05, 0.1) is 0 Å². The number of aliphatic hydroxyl groups excluding tert-OH is 1. The molecule has 76 valence electrons. The van der Waals surface area contributed by atoms with Crippen LogP contribution in [0.1, 0.15) is 24.7 Å². The lowest BCUT2D eigenvalue weighted by atomic mass is 10.2. The minimum absolute atomic E-state index is 0.0822. The number of aliphatic carboxylic acids is 1. The zero-order chi connectivity index (χ0) is 10.1. The van der Waals surface area contributed by atoms with Gasteiger partial charge in [-0.05, 0) is 12.8 Å². The van der Waals surface area contributed by atoms with Crippen LogP contribution in [0, 0.1) is 0 Å². The minimum atomic E-state index is -1.35. The van der Waals surface area contributed by atoms with Crippen molar-refractivity contribution in [2.24, 2.45) is 0 Å². The number of aromatic nitrogens is 2. The molecule has 1 aliphatic rings. The summed E-state index contributed by atoms with van der Waals surface area (Å²) < 4.78 is 1.95. The fraction of sp³-hybridized carbons (Fsp3) is 0.556. The topological polar surface area (TPSA) is 75.3 Å². The third kappa shape index (κ3) is 1.77. The SMILES string of the molecule is O=C(O)C(O)Cc1nccn1C1CC1. The second-order valence-corrected chi connectivity index (χ2v) is 3.54. The van der Waals surface area contributed by atoms with E-state index in [4.69, 9.17) is 5.11 Å². The maximum atomic E-state index is 10.4. The highest BCUT2D eigenvalue weighted by atomic mass is 16.4. The molecule has 1 aromatic heterocycles. The average Bonchev–Trinajstić information content (AvgIpc) is 2.88. The van der Waals surface area contributed by atoms with Gasteiger partial charge in [0.1, 0.15) is 5.82 Å². The molecule has 0 aromatic carbocycles. The van der Waals surface area contributed by atoms with Gasteiger partial charge >= 0.3 is 5.97 Å². The van der Waals surface area contributed by atoms with Crippen molar-refractivity contribution in [3.05, 3.63) is 18.2 Å². The Bertz CT molecular complexity index is 344. The highest BCUT2D eigenvalue weighted by Gasteiger charge is 2.26. The fourth-order valence-corrected chi connectivity index (χ4v) is 1.45. The van der Waals surface area contributed by atoms with Crippen molar-refractivity contribution in [2.75, 3.05) is 0 Å². The molecule has 1 aromatic rings. The van der Waals surface area contributed by atoms with E-state index in [0.29, 0.717) is 11.9 Å². The average molecular weight is 196 g/mol. The Balaban J connectivity index is 2.08. The molecule has 1 atom stereocenters. The first-order chi connectivity index (χ1) is 6.68. The monoisotopic (exact) mass is 196 g/mol. The molecule has 0 radical (unpaired) electrons. The molecular weight excluding hydrogens is 184 g/mol. The molecule has 5 heteroatoms. The fourth-order valence-electron chi connectivity index (χ4n) is 1.45. The Morgan fingerprint density at radius 1 is 1.71 bits per heavy atom. The number of carbonyl (C=O) groups is 1. The molecule has 0 spiro atoms. The Morgan fingerprint density at radius 2 is 2.43 bits per heavy atom. The lowest BCUT2D eigenvalue weighted by Crippen LogP contribution is -2.23. The van der Waals surface area contributed by atoms with E-state index in [-0.39, 0.29) is 6.42 Å². The van der Waals surface area contributed by atoms with Gasteiger partial charge in [-0.25, -0.2) is 9.78 Å². The van der Waals surface area contributed by atoms with Gasteiger partial charge in [-0.1, -0.05) is 0 Å². The quantitative estimate of drug-likeness (QED) is 0.721. The molecule has 0 saturated heterocycles. The number of imidazole rings is 1. The Kier molecular flexibility index (Phi) is 2.25. The van der Waals surface area contributed by atoms with E-state index in [1.165, 1.54) is 0 Å². The van der Waals surface area contributed by atoms with Crippen LogP contribution in [0.3, 0.4) is 0 Å². The Labute approximate surface area is 81.0 Å². The predicted octanol–water partition coefficient (Wildman–Crippen LogP) is 0.206. The van der Waals surface area contributed by atoms with Gasteiger partial charge in [-0.15, -0.1) is 0 Å². The third-order valence-electron chi connectivity index (χ3n) is 2.35. The largest absolute Gasteiger partial charge is 0.479 e. The van der Waals surface area contributed by atoms with Crippen LogP contribution in [-0.2, 0) is 11.2 Å². The van der Waals surface area contributed by atoms with Crippen LogP contribution < -0.4 is 0 Å². The van der Waals surface area contributed by atoms with Crippen molar-refractivity contribution >= 4 is 5.97 Å². The first-order valence-electron chi connectivity index (χ1n) is 4.61. The van der Waals surface area contributed by atoms with Crippen LogP contribution in [0.25, 0.3) is 0 Å². The van der Waals surface area contributed by atoms with Crippen LogP contribution in [-0.4, -0.2) is 31.8 Å². The van der Waals surface area contributed by atoms with Crippen molar-refractivity contribution in [3.8, 4) is 0 Å². The van der Waals surface area contributed by atoms with Crippen LogP contribution in [0.4, 0.5) is 0 Å². The van der Waals surface area contributed by atoms with E-state index in [1.54, 1.807) is 6.20 Å². The van der Waals surface area contributed by atoms with Gasteiger partial charge in [0.15, 0.2) is 6.10 Å². The minimum Gasteiger partial charge on any atom is -0.479 e. The number of rotatable bonds is 4. The lowest BCUT2D eigenvalue weighted by Gasteiger charge is -2.07. The number of hydrogen-bond acceptors (Lipinski definition) is 3. The first kappa shape index (κ1) is 9.21. The van der Waals surface area contributed by atoms with E-state index in [9.17, 15) is 9.90 Å². The standard InChI is InChI=1S/C9H12N2O3/c12-7(9(13)14)5-8-10-3-4-11(8)6-1-2-6/h3-4,6-7,12H,1-2,5H2,(H,13,14). The molecule has 0 bridgehead atoms. The molecule has 0 amide bonds. The maximum absolute atomic E-state index is 10.4. The van der Waals surface area contributed by atoms with E-state index in [1.807, 2.05) is 10.8 Å². The molecule has 5 nitrogen and oxygen atoms in total. The van der Waals surface area contributed by atoms with Gasteiger partial charge in [0, 0.05) is 24.9 Å². The molecule has 1 heterocycles. The normalized spacial score (nSPS) is 18.1. The van der Waals surface area contributed by atoms with E-state index in [0.717, 1.165) is 12.8 Å². The number of hydrogen-bond donors (Lipinski definition) is 2. The summed E-state index contributed by atoms with van der Waals surface area (Å²) in [5.41, 5.74) is 0. The van der Waals surface area contributed by atoms with Crippen LogP contribution >= 0.6 is 0 Å². The van der Waals surface area contributed by atoms with Gasteiger partial charge < -0.3 is 14.8 Å². The summed E-state index contributed by atoms with van der Waals surface area (Å²) in [7, 11) is 0. The van der Waals surface area contributed by atoms with Crippen LogP contribution in [0.15, 0.2) is 12.4 Å². The molecular formula is C9H12N2O3. The van der Waals surface area contributed by atoms with Crippen LogP contribution in [0.5, 0.6) is 0 Å². The first-order valence-corrected chi connectivity index (χ1v) is 4.61. The molecule has 1 aliphatic carbocycles. The third-order valence-corrected chi connectivity index (χ3v) is 2.35. The zero-order valence-electron chi connectivity index (χ0n) is 7.63. The Hall–Kier alpha value is -1.36. The second-order valence-electron chi connectivity index (χ2n) is 3.54. The predicted molar refractivity (Wildman–Crippen MR) is 47.8 cm³/mol. The Morgan fingerprint density at radius 3 is 3.00 bits per heavy atom. The van der Waals surface area contributed by atoms with Crippen molar-refractivity contribution in [1.29, 1.82) is 0 Å². The molecule has 14 heavy (non-hydrogen) atoms. The summed E-state index contributed by atoms with van der Waals surface area (Å²) >= 11 is 0. The summed E-state index contributed by atoms with van der Waals surface area (Å²) in [5, 5.41) is 17.7. The summed E-state index contributed by atoms with van der Waals surface area (Å²) in [6.07, 6.45) is 4.44. The van der Waals surface area contributed by atoms with Gasteiger partial charge in [-0.2, -0.15) is 0 Å². The van der Waals surface area contributed by atoms with Crippen molar-refractivity contribution in [2.45, 2.75) is 31.4 Å². The van der Waals surface area contributed by atoms with Crippen LogP contribution in [0.2, 0.25) is 0 Å². The number of nitrogens with zero attached hydrogens (tertiary/aromatic N) is 2. The molecule has 2 rings (SSSR count). The number of carboxylic acids is 1. The lowest BCUT2D eigenvalue weighted by molar-refractivity contribution is -0.146. The molecule has 2 N–H and O–H groups in total. The second kappa shape index (κ2) is 3.42. The van der Waals surface area contributed by atoms with Crippen molar-refractivity contribution < 1.29 is 15.0 Å². The van der Waals surface area contributed by atoms with E-state index >= 15 is 0 Å². The van der Waals surface area contributed by atoms with E-state index in [2.05, 4.69) is 4.98 Å². The molecule has 1 saturated carbocycles. The van der Waals surface area contributed by atoms with E-state index < -0.39 is 12.1 Å². The van der Waals surface area contributed by atoms with Crippen molar-refractivity contribution in [1.82, 2.24) is 9.55 Å². The molecule has 0 aliphatic heterocycles. The smallest absolute Gasteiger partial charge is 0.332 e. The number of aliphatic hydroxyl groups is 1. The summed E-state index contributed by atoms with van der Waals surface area (Å²) in [5.74, 6) is -0.544. The number of carboxylic acid groups (broad SMARTS) is 1. The summed E-state index contributed by atoms with van der Waals surface area (Å²) in [6, 6.07) is 0.466. The van der Waals surface area contributed by atoms with Gasteiger partial charge in [0.25, 0.3) is 0 Å². The zero-order valence-corrected chi connectivity index (χ0v) is 7.63. The van der Waals surface area contributed by atoms with Crippen molar-refractivity contribution in [3.63, 3.8) is 0 Å². The van der Waals surface area contributed by atoms with Gasteiger partial charge in [0.2, 0.25) is 0 Å². The summed E-state index contributed by atoms with van der Waals surface area (Å²) in [4.78, 5) is 14.5. The maximum Gasteiger partial charge on any atom is 0.332 e. The highest BCUT2D eigenvalue weighted by molar-refractivity contribution is 5.72. The highest BCUT2D eigenvalue weighted by Crippen LogP contribution is 2.35. The van der Waals surface area contributed by atoms with Gasteiger partial charge in [-0.3, -0.25) is 0 Å². The molecule has 1 fully saturated rings. The molecule has 1 unspecified atom stereocenters. The summed E-state index contributed by atoms with van der Waals surface area (Å²) in [6.45, 7) is 0.